The van der Waals surface area contributed by atoms with Crippen molar-refractivity contribution in [3.8, 4) is 5.75 Å². The summed E-state index contributed by atoms with van der Waals surface area (Å²) in [6.45, 7) is -8.17. The molecule has 0 atom stereocenters. The number of rotatable bonds is 5. The van der Waals surface area contributed by atoms with E-state index in [4.69, 9.17) is 16.1 Å². The zero-order valence-electron chi connectivity index (χ0n) is 15.7. The van der Waals surface area contributed by atoms with Gasteiger partial charge in [-0.05, 0) is 12.7 Å². The lowest BCUT2D eigenvalue weighted by molar-refractivity contribution is 0.233. The second-order valence-electron chi connectivity index (χ2n) is 2.46. The lowest BCUT2D eigenvalue weighted by Gasteiger charge is -2.09. The Morgan fingerprint density at radius 1 is 0.882 bits per heavy atom. The second kappa shape index (κ2) is 5.81. The molecule has 0 heterocycles. The van der Waals surface area contributed by atoms with E-state index in [1.54, 1.807) is 0 Å². The van der Waals surface area contributed by atoms with Gasteiger partial charge in [-0.3, -0.25) is 0 Å². The Morgan fingerprint density at radius 2 is 1.35 bits per heavy atom. The van der Waals surface area contributed by atoms with E-state index < -0.39 is 60.7 Å². The Bertz CT molecular complexity index is 662. The SMILES string of the molecule is [2H]C([2H])(O)C([2H])([2H])C([2H])([2H])C([2H])([2H])Oc1c(F)c(F)c(F)c(F)c1F. The highest BCUT2D eigenvalue weighted by Gasteiger charge is 2.26. The molecule has 0 aliphatic heterocycles. The van der Waals surface area contributed by atoms with Gasteiger partial charge in [0.2, 0.25) is 29.1 Å². The Balaban J connectivity index is 3.49. The molecule has 0 saturated carbocycles. The standard InChI is InChI=1S/C10H9F5O2/c11-5-6(12)8(14)10(9(15)7(5)13)17-4-2-1-3-16/h16H,1-4H2/i1D2,2D2,3D2,4D2. The van der Waals surface area contributed by atoms with Gasteiger partial charge in [-0.1, -0.05) is 0 Å². The van der Waals surface area contributed by atoms with Crippen LogP contribution in [0.25, 0.3) is 0 Å². The molecule has 1 N–H and O–H groups in total. The number of hydrogen-bond donors (Lipinski definition) is 1. The topological polar surface area (TPSA) is 29.5 Å². The fourth-order valence-corrected chi connectivity index (χ4v) is 0.804. The first kappa shape index (κ1) is 5.99. The normalized spacial score (nSPS) is 21.1. The lowest BCUT2D eigenvalue weighted by atomic mass is 10.2. The summed E-state index contributed by atoms with van der Waals surface area (Å²) in [5, 5.41) is 9.02. The molecule has 1 rings (SSSR count). The van der Waals surface area contributed by atoms with Crippen molar-refractivity contribution in [2.45, 2.75) is 12.7 Å². The highest BCUT2D eigenvalue weighted by atomic mass is 19.2. The van der Waals surface area contributed by atoms with Gasteiger partial charge in [0.1, 0.15) is 0 Å². The minimum Gasteiger partial charge on any atom is -0.487 e. The van der Waals surface area contributed by atoms with E-state index in [0.29, 0.717) is 0 Å². The molecule has 0 bridgehead atoms. The van der Waals surface area contributed by atoms with Crippen molar-refractivity contribution in [1.82, 2.24) is 0 Å². The van der Waals surface area contributed by atoms with E-state index in [2.05, 4.69) is 4.74 Å². The maximum absolute atomic E-state index is 13.5. The van der Waals surface area contributed by atoms with Gasteiger partial charge in [-0.2, -0.15) is 8.78 Å². The third-order valence-corrected chi connectivity index (χ3v) is 1.49. The third-order valence-electron chi connectivity index (χ3n) is 1.49. The number of ether oxygens (including phenoxy) is 1. The first-order valence-corrected chi connectivity index (χ1v) is 3.83. The number of aliphatic hydroxyl groups is 1. The minimum atomic E-state index is -4.18. The van der Waals surface area contributed by atoms with Gasteiger partial charge >= 0.3 is 0 Å². The van der Waals surface area contributed by atoms with Gasteiger partial charge in [0.05, 0.1) is 12.0 Å². The van der Waals surface area contributed by atoms with Crippen LogP contribution in [0.15, 0.2) is 0 Å². The van der Waals surface area contributed by atoms with E-state index in [1.807, 2.05) is 0 Å². The molecule has 0 aromatic heterocycles. The summed E-state index contributed by atoms with van der Waals surface area (Å²) in [4.78, 5) is 0. The minimum absolute atomic E-state index is 2.24. The van der Waals surface area contributed by atoms with Crippen LogP contribution in [-0.2, 0) is 0 Å². The van der Waals surface area contributed by atoms with Crippen molar-refractivity contribution in [3.63, 3.8) is 0 Å². The lowest BCUT2D eigenvalue weighted by Crippen LogP contribution is -2.08. The van der Waals surface area contributed by atoms with Crippen LogP contribution in [-0.4, -0.2) is 18.2 Å². The van der Waals surface area contributed by atoms with Crippen LogP contribution in [0.4, 0.5) is 22.0 Å². The molecule has 1 aromatic rings. The van der Waals surface area contributed by atoms with Gasteiger partial charge in [0.25, 0.3) is 0 Å². The molecule has 0 fully saturated rings. The molecule has 1 aromatic carbocycles. The third kappa shape index (κ3) is 2.85. The van der Waals surface area contributed by atoms with E-state index in [-0.39, 0.29) is 0 Å². The number of hydrogen-bond acceptors (Lipinski definition) is 2. The second-order valence-corrected chi connectivity index (χ2v) is 2.46. The van der Waals surface area contributed by atoms with Crippen molar-refractivity contribution < 1.29 is 42.8 Å². The van der Waals surface area contributed by atoms with E-state index in [1.165, 1.54) is 0 Å². The van der Waals surface area contributed by atoms with Crippen LogP contribution in [0.5, 0.6) is 5.75 Å². The van der Waals surface area contributed by atoms with E-state index in [9.17, 15) is 22.0 Å². The van der Waals surface area contributed by atoms with Crippen LogP contribution < -0.4 is 4.74 Å². The van der Waals surface area contributed by atoms with Crippen molar-refractivity contribution in [3.05, 3.63) is 29.1 Å². The predicted octanol–water partition coefficient (Wildman–Crippen LogP) is 2.53. The van der Waals surface area contributed by atoms with Crippen molar-refractivity contribution in [2.24, 2.45) is 0 Å². The van der Waals surface area contributed by atoms with E-state index in [0.717, 1.165) is 0 Å². The quantitative estimate of drug-likeness (QED) is 0.503. The van der Waals surface area contributed by atoms with Crippen LogP contribution >= 0.6 is 0 Å². The molecule has 0 radical (unpaired) electrons. The highest BCUT2D eigenvalue weighted by molar-refractivity contribution is 5.29. The average Bonchev–Trinajstić information content (AvgIpc) is 2.46. The molecule has 0 aliphatic carbocycles. The summed E-state index contributed by atoms with van der Waals surface area (Å²) in [5.41, 5.74) is 0. The summed E-state index contributed by atoms with van der Waals surface area (Å²) < 4.78 is 127. The van der Waals surface area contributed by atoms with Gasteiger partial charge in [-0.25, -0.2) is 13.2 Å². The summed E-state index contributed by atoms with van der Waals surface area (Å²) in [6, 6.07) is 0. The molecule has 96 valence electrons. The average molecular weight is 264 g/mol. The summed E-state index contributed by atoms with van der Waals surface area (Å²) in [6.07, 6.45) is -8.22. The molecule has 2 nitrogen and oxygen atoms in total. The summed E-state index contributed by atoms with van der Waals surface area (Å²) >= 11 is 0. The molecular formula is C10H9F5O2. The predicted molar refractivity (Wildman–Crippen MR) is 48.0 cm³/mol. The molecule has 0 spiro atoms. The van der Waals surface area contributed by atoms with Crippen molar-refractivity contribution >= 4 is 0 Å². The molecule has 0 aliphatic rings. The Labute approximate surface area is 105 Å². The fraction of sp³-hybridized carbons (Fsp3) is 0.400. The van der Waals surface area contributed by atoms with Gasteiger partial charge in [-0.15, -0.1) is 0 Å². The molecule has 0 unspecified atom stereocenters. The Morgan fingerprint density at radius 3 is 1.82 bits per heavy atom. The van der Waals surface area contributed by atoms with Crippen molar-refractivity contribution in [2.75, 3.05) is 13.1 Å². The molecule has 0 amide bonds. The Hall–Kier alpha value is -1.37. The molecule has 17 heavy (non-hydrogen) atoms. The molecule has 0 saturated heterocycles. The smallest absolute Gasteiger partial charge is 0.206 e. The first-order valence-electron chi connectivity index (χ1n) is 7.83. The Kier molecular flexibility index (Phi) is 2.05. The van der Waals surface area contributed by atoms with Crippen LogP contribution in [0, 0.1) is 29.1 Å². The zero-order chi connectivity index (χ0) is 20.2. The summed E-state index contributed by atoms with van der Waals surface area (Å²) in [5.74, 6) is -15.2. The van der Waals surface area contributed by atoms with E-state index >= 15 is 0 Å². The zero-order valence-corrected chi connectivity index (χ0v) is 7.75. The highest BCUT2D eigenvalue weighted by Crippen LogP contribution is 2.29. The maximum Gasteiger partial charge on any atom is 0.206 e. The number of benzene rings is 1. The fourth-order valence-electron chi connectivity index (χ4n) is 0.804. The van der Waals surface area contributed by atoms with Crippen LogP contribution in [0.2, 0.25) is 0 Å². The largest absolute Gasteiger partial charge is 0.487 e. The van der Waals surface area contributed by atoms with Crippen molar-refractivity contribution in [1.29, 1.82) is 0 Å². The first-order chi connectivity index (χ1) is 10.9. The molecular weight excluding hydrogens is 247 g/mol. The van der Waals surface area contributed by atoms with Gasteiger partial charge in [0, 0.05) is 12.0 Å². The van der Waals surface area contributed by atoms with Gasteiger partial charge < -0.3 is 9.84 Å². The maximum atomic E-state index is 13.5. The summed E-state index contributed by atoms with van der Waals surface area (Å²) in [7, 11) is 0. The van der Waals surface area contributed by atoms with Crippen LogP contribution in [0.3, 0.4) is 0 Å². The number of halogens is 5. The monoisotopic (exact) mass is 264 g/mol. The van der Waals surface area contributed by atoms with Crippen LogP contribution in [0.1, 0.15) is 23.7 Å². The van der Waals surface area contributed by atoms with Gasteiger partial charge in [0.15, 0.2) is 5.75 Å². The molecule has 7 heteroatoms.